The molecule has 0 aromatic heterocycles. The Morgan fingerprint density at radius 1 is 0.338 bits per heavy atom. The van der Waals surface area contributed by atoms with Crippen molar-refractivity contribution in [3.63, 3.8) is 0 Å². The Morgan fingerprint density at radius 3 is 0.784 bits per heavy atom. The minimum Gasteiger partial charge on any atom is -0.374 e. The van der Waals surface area contributed by atoms with Gasteiger partial charge in [-0.05, 0) is 213 Å². The zero-order chi connectivity index (χ0) is 55.3. The van der Waals surface area contributed by atoms with Crippen molar-refractivity contribution in [3.8, 4) is 0 Å². The lowest BCUT2D eigenvalue weighted by Crippen LogP contribution is -2.46. The lowest BCUT2D eigenvalue weighted by Gasteiger charge is -2.44. The summed E-state index contributed by atoms with van der Waals surface area (Å²) in [5, 5.41) is 0. The molecule has 0 bridgehead atoms. The van der Waals surface area contributed by atoms with E-state index in [0.29, 0.717) is 85.2 Å². The second-order valence-corrected chi connectivity index (χ2v) is 52.0. The minimum absolute atomic E-state index is 0.170. The SMILES string of the molecule is CCO[Si](CCSSSSC(C)(CCCC(C)CC)C(SSSSCC[Si](OCC)(OCC)OCC)(SSSSCC[Si](OCC)(OCC)OCC)SSSSCC[Si](OCC)(OCC)OCC)(OCC)OCC. The molecule has 32 heteroatoms. The first-order chi connectivity index (χ1) is 35.8. The van der Waals surface area contributed by atoms with E-state index < -0.39 is 35.2 Å². The second kappa shape index (κ2) is 51.1. The molecule has 2 unspecified atom stereocenters. The maximum absolute atomic E-state index is 6.22. The number of hydrogen-bond donors (Lipinski definition) is 0. The Labute approximate surface area is 517 Å². The van der Waals surface area contributed by atoms with E-state index in [1.54, 1.807) is 0 Å². The molecule has 0 aliphatic heterocycles. The summed E-state index contributed by atoms with van der Waals surface area (Å²) in [7, 11) is 19.5. The zero-order valence-electron chi connectivity index (χ0n) is 47.0. The summed E-state index contributed by atoms with van der Waals surface area (Å²) in [6, 6.07) is 3.09. The van der Waals surface area contributed by atoms with Crippen molar-refractivity contribution in [1.29, 1.82) is 0 Å². The van der Waals surface area contributed by atoms with Crippen molar-refractivity contribution in [3.05, 3.63) is 0 Å². The van der Waals surface area contributed by atoms with E-state index in [0.717, 1.165) is 60.0 Å². The molecule has 0 aromatic rings. The van der Waals surface area contributed by atoms with Gasteiger partial charge in [-0.2, -0.15) is 0 Å². The molecule has 0 aliphatic carbocycles. The van der Waals surface area contributed by atoms with Crippen LogP contribution >= 0.6 is 165 Å². The summed E-state index contributed by atoms with van der Waals surface area (Å²) in [6.07, 6.45) is 4.60. The molecule has 2 atom stereocenters. The molecule has 446 valence electrons. The third-order valence-electron chi connectivity index (χ3n) is 9.99. The Balaban J connectivity index is 7.04. The fourth-order valence-electron chi connectivity index (χ4n) is 6.70. The first-order valence-corrected chi connectivity index (χ1v) is 53.7. The van der Waals surface area contributed by atoms with Crippen LogP contribution in [0.1, 0.15) is 130 Å². The Bertz CT molecular complexity index is 1130. The smallest absolute Gasteiger partial charge is 0.374 e. The lowest BCUT2D eigenvalue weighted by atomic mass is 9.97. The minimum atomic E-state index is -2.76. The number of hydrogen-bond acceptors (Lipinski definition) is 28. The van der Waals surface area contributed by atoms with Crippen molar-refractivity contribution in [1.82, 2.24) is 0 Å². The molecule has 0 N–H and O–H groups in total. The van der Waals surface area contributed by atoms with Crippen LogP contribution in [0, 0.1) is 5.92 Å². The summed E-state index contributed by atoms with van der Waals surface area (Å²) in [6.45, 7) is 38.5. The van der Waals surface area contributed by atoms with E-state index in [-0.39, 0.29) is 8.16 Å². The van der Waals surface area contributed by atoms with Gasteiger partial charge in [0.1, 0.15) is 0 Å². The van der Waals surface area contributed by atoms with E-state index in [1.807, 2.05) is 248 Å². The van der Waals surface area contributed by atoms with E-state index in [9.17, 15) is 0 Å². The summed E-state index contributed by atoms with van der Waals surface area (Å²) in [4.78, 5) is 0. The monoisotopic (exact) mass is 1410 g/mol. The fraction of sp³-hybridized carbons (Fsp3) is 1.00. The Morgan fingerprint density at radius 2 is 0.568 bits per heavy atom. The van der Waals surface area contributed by atoms with E-state index >= 15 is 0 Å². The van der Waals surface area contributed by atoms with Gasteiger partial charge in [-0.1, -0.05) is 87.1 Å². The van der Waals surface area contributed by atoms with Crippen molar-refractivity contribution in [2.75, 3.05) is 102 Å². The summed E-state index contributed by atoms with van der Waals surface area (Å²) < 4.78 is 74.1. The van der Waals surface area contributed by atoms with Gasteiger partial charge in [0.15, 0.2) is 3.41 Å². The van der Waals surface area contributed by atoms with Crippen molar-refractivity contribution in [2.45, 2.75) is 162 Å². The van der Waals surface area contributed by atoms with Crippen LogP contribution in [0.15, 0.2) is 0 Å². The van der Waals surface area contributed by atoms with Crippen molar-refractivity contribution >= 4 is 200 Å². The molecule has 0 rings (SSSR count). The largest absolute Gasteiger partial charge is 0.501 e. The molecule has 0 heterocycles. The molecule has 0 fully saturated rings. The van der Waals surface area contributed by atoms with Gasteiger partial charge in [0.2, 0.25) is 0 Å². The van der Waals surface area contributed by atoms with Gasteiger partial charge in [-0.3, -0.25) is 0 Å². The lowest BCUT2D eigenvalue weighted by molar-refractivity contribution is 0.0721. The predicted molar refractivity (Wildman–Crippen MR) is 367 cm³/mol. The zero-order valence-corrected chi connectivity index (χ0v) is 64.0. The van der Waals surface area contributed by atoms with E-state index in [2.05, 4.69) is 20.8 Å². The van der Waals surface area contributed by atoms with Crippen LogP contribution in [-0.4, -0.2) is 146 Å². The average Bonchev–Trinajstić information content (AvgIpc) is 3.36. The third kappa shape index (κ3) is 34.4. The molecule has 12 nitrogen and oxygen atoms in total. The third-order valence-corrected chi connectivity index (χ3v) is 54.6. The van der Waals surface area contributed by atoms with Crippen molar-refractivity contribution in [2.24, 2.45) is 5.92 Å². The van der Waals surface area contributed by atoms with Gasteiger partial charge in [0.05, 0.1) is 4.75 Å². The van der Waals surface area contributed by atoms with Gasteiger partial charge in [-0.25, -0.2) is 0 Å². The Kier molecular flexibility index (Phi) is 55.2. The van der Waals surface area contributed by atoms with Crippen LogP contribution in [0.4, 0.5) is 0 Å². The molecule has 0 saturated carbocycles. The molecule has 0 amide bonds. The van der Waals surface area contributed by atoms with Crippen LogP contribution < -0.4 is 0 Å². The van der Waals surface area contributed by atoms with Crippen LogP contribution in [0.5, 0.6) is 0 Å². The van der Waals surface area contributed by atoms with Gasteiger partial charge in [-0.15, -0.1) is 0 Å². The first-order valence-electron chi connectivity index (χ1n) is 26.0. The van der Waals surface area contributed by atoms with E-state index in [4.69, 9.17) is 53.1 Å². The van der Waals surface area contributed by atoms with Gasteiger partial charge < -0.3 is 53.1 Å². The van der Waals surface area contributed by atoms with Crippen LogP contribution in [0.25, 0.3) is 0 Å². The van der Waals surface area contributed by atoms with Crippen LogP contribution in [-0.2, 0) is 53.1 Å². The molecular formula is C42H94O12S16Si4. The highest BCUT2D eigenvalue weighted by Crippen LogP contribution is 2.75. The second-order valence-electron chi connectivity index (χ2n) is 15.3. The topological polar surface area (TPSA) is 111 Å². The van der Waals surface area contributed by atoms with Gasteiger partial charge in [0.25, 0.3) is 0 Å². The Hall–Kier alpha value is 5.99. The van der Waals surface area contributed by atoms with E-state index in [1.165, 1.54) is 12.8 Å². The predicted octanol–water partition coefficient (Wildman–Crippen LogP) is 19.5. The summed E-state index contributed by atoms with van der Waals surface area (Å²) >= 11 is 0. The molecule has 0 aliphatic rings. The van der Waals surface area contributed by atoms with Crippen LogP contribution in [0.3, 0.4) is 0 Å². The molecule has 0 radical (unpaired) electrons. The highest BCUT2D eigenvalue weighted by Gasteiger charge is 2.53. The van der Waals surface area contributed by atoms with Gasteiger partial charge >= 0.3 is 35.2 Å². The number of rotatable bonds is 58. The van der Waals surface area contributed by atoms with Crippen molar-refractivity contribution < 1.29 is 53.1 Å². The standard InChI is InChI=1S/C42H94O12S16Si4/c1-16-40(14)30-29-31-41(15,59-67-63-55-32-36-71(43-17-2,44-18-3)45-19-4)42(60-68-64-56-33-37-72(46-20-5,47-21-6)48-22-7,61-69-65-57-34-38-73(49-23-8,50-24-9)51-25-10)62-70-66-58-35-39-74(52-26-11,53-27-12)54-28-13/h40H,16-39H2,1-15H3. The van der Waals surface area contributed by atoms with Gasteiger partial charge in [0, 0.05) is 126 Å². The maximum Gasteiger partial charge on any atom is 0.501 e. The first kappa shape index (κ1) is 80.0. The molecular weight excluding hydrogens is 1320 g/mol. The summed E-state index contributed by atoms with van der Waals surface area (Å²) in [5.41, 5.74) is 0. The highest BCUT2D eigenvalue weighted by atomic mass is 33.7. The average molecular weight is 1420 g/mol. The molecule has 74 heavy (non-hydrogen) atoms. The summed E-state index contributed by atoms with van der Waals surface area (Å²) in [5.74, 6) is 4.17. The molecule has 0 spiro atoms. The highest BCUT2D eigenvalue weighted by molar-refractivity contribution is 9.33. The fourth-order valence-corrected chi connectivity index (χ4v) is 55.7. The molecule has 0 saturated heterocycles. The maximum atomic E-state index is 6.22. The quantitative estimate of drug-likeness (QED) is 0.0249. The molecule has 0 aromatic carbocycles. The van der Waals surface area contributed by atoms with Crippen LogP contribution in [0.2, 0.25) is 24.2 Å². The normalized spacial score (nSPS) is 14.3.